The van der Waals surface area contributed by atoms with Gasteiger partial charge < -0.3 is 15.1 Å². The third-order valence-electron chi connectivity index (χ3n) is 4.55. The Bertz CT molecular complexity index is 804. The van der Waals surface area contributed by atoms with Crippen LogP contribution in [0.15, 0.2) is 54.6 Å². The first-order chi connectivity index (χ1) is 12.8. The van der Waals surface area contributed by atoms with Gasteiger partial charge in [0.25, 0.3) is 5.91 Å². The van der Waals surface area contributed by atoms with Crippen LogP contribution in [0.2, 0.25) is 0 Å². The molecular formula is C22H27N3O2. The van der Waals surface area contributed by atoms with Crippen molar-refractivity contribution in [2.45, 2.75) is 26.3 Å². The van der Waals surface area contributed by atoms with Crippen LogP contribution in [0.25, 0.3) is 11.1 Å². The molecule has 3 amide bonds. The maximum Gasteiger partial charge on any atom is 0.317 e. The Labute approximate surface area is 161 Å². The van der Waals surface area contributed by atoms with Crippen LogP contribution >= 0.6 is 0 Å². The van der Waals surface area contributed by atoms with Gasteiger partial charge in [0.1, 0.15) is 0 Å². The van der Waals surface area contributed by atoms with E-state index in [2.05, 4.69) is 5.32 Å². The number of nitrogens with zero attached hydrogens (tertiary/aromatic N) is 2. The van der Waals surface area contributed by atoms with E-state index in [1.807, 2.05) is 80.3 Å². The summed E-state index contributed by atoms with van der Waals surface area (Å²) in [6.07, 6.45) is 0. The predicted octanol–water partition coefficient (Wildman–Crippen LogP) is 3.62. The number of carbonyl (C=O) groups is 2. The van der Waals surface area contributed by atoms with Gasteiger partial charge in [0.15, 0.2) is 0 Å². The van der Waals surface area contributed by atoms with Crippen LogP contribution in [0.5, 0.6) is 0 Å². The van der Waals surface area contributed by atoms with Crippen molar-refractivity contribution in [1.29, 1.82) is 0 Å². The van der Waals surface area contributed by atoms with E-state index in [-0.39, 0.29) is 17.5 Å². The van der Waals surface area contributed by atoms with Crippen molar-refractivity contribution < 1.29 is 9.59 Å². The zero-order chi connectivity index (χ0) is 19.4. The van der Waals surface area contributed by atoms with Crippen molar-refractivity contribution in [3.05, 3.63) is 60.2 Å². The molecule has 1 heterocycles. The van der Waals surface area contributed by atoms with E-state index < -0.39 is 0 Å². The zero-order valence-electron chi connectivity index (χ0n) is 16.2. The molecule has 0 saturated carbocycles. The second-order valence-corrected chi connectivity index (χ2v) is 7.91. The van der Waals surface area contributed by atoms with Crippen LogP contribution in [0, 0.1) is 0 Å². The Morgan fingerprint density at radius 1 is 0.815 bits per heavy atom. The number of benzene rings is 2. The van der Waals surface area contributed by atoms with Crippen molar-refractivity contribution in [1.82, 2.24) is 15.1 Å². The molecule has 142 valence electrons. The molecular weight excluding hydrogens is 338 g/mol. The van der Waals surface area contributed by atoms with Crippen molar-refractivity contribution in [3.63, 3.8) is 0 Å². The fraction of sp³-hybridized carbons (Fsp3) is 0.364. The van der Waals surface area contributed by atoms with Gasteiger partial charge in [-0.3, -0.25) is 4.79 Å². The molecule has 0 aliphatic carbocycles. The van der Waals surface area contributed by atoms with Crippen LogP contribution in [-0.2, 0) is 0 Å². The summed E-state index contributed by atoms with van der Waals surface area (Å²) in [4.78, 5) is 28.8. The molecule has 0 spiro atoms. The minimum atomic E-state index is -0.262. The van der Waals surface area contributed by atoms with E-state index in [0.29, 0.717) is 31.7 Å². The summed E-state index contributed by atoms with van der Waals surface area (Å²) in [6, 6.07) is 17.7. The number of nitrogens with one attached hydrogen (secondary N) is 1. The van der Waals surface area contributed by atoms with Crippen molar-refractivity contribution >= 4 is 11.9 Å². The molecule has 0 unspecified atom stereocenters. The standard InChI is InChI=1S/C22H27N3O2/c1-22(2,3)23-21(27)25-14-12-24(13-15-25)20(26)19-11-7-10-18(16-19)17-8-5-4-6-9-17/h4-11,16H,12-15H2,1-3H3,(H,23,27). The first-order valence-corrected chi connectivity index (χ1v) is 9.35. The van der Waals surface area contributed by atoms with Gasteiger partial charge in [-0.15, -0.1) is 0 Å². The molecule has 27 heavy (non-hydrogen) atoms. The second-order valence-electron chi connectivity index (χ2n) is 7.91. The number of piperazine rings is 1. The maximum atomic E-state index is 12.9. The molecule has 0 bridgehead atoms. The Hall–Kier alpha value is -2.82. The third-order valence-corrected chi connectivity index (χ3v) is 4.55. The lowest BCUT2D eigenvalue weighted by molar-refractivity contribution is 0.0661. The molecule has 1 fully saturated rings. The maximum absolute atomic E-state index is 12.9. The molecule has 2 aromatic carbocycles. The number of hydrogen-bond acceptors (Lipinski definition) is 2. The molecule has 5 nitrogen and oxygen atoms in total. The van der Waals surface area contributed by atoms with E-state index in [1.54, 1.807) is 4.90 Å². The van der Waals surface area contributed by atoms with Gasteiger partial charge in [0.05, 0.1) is 0 Å². The minimum Gasteiger partial charge on any atom is -0.335 e. The van der Waals surface area contributed by atoms with Gasteiger partial charge in [0.2, 0.25) is 0 Å². The lowest BCUT2D eigenvalue weighted by Gasteiger charge is -2.36. The summed E-state index contributed by atoms with van der Waals surface area (Å²) in [5.74, 6) is 0.0173. The molecule has 1 aliphatic heterocycles. The fourth-order valence-corrected chi connectivity index (χ4v) is 3.16. The second kappa shape index (κ2) is 7.82. The predicted molar refractivity (Wildman–Crippen MR) is 108 cm³/mol. The quantitative estimate of drug-likeness (QED) is 0.884. The van der Waals surface area contributed by atoms with Crippen LogP contribution < -0.4 is 5.32 Å². The summed E-state index contributed by atoms with van der Waals surface area (Å²) in [6.45, 7) is 8.08. The average molecular weight is 365 g/mol. The molecule has 1 saturated heterocycles. The normalized spacial score (nSPS) is 14.8. The fourth-order valence-electron chi connectivity index (χ4n) is 3.16. The third kappa shape index (κ3) is 4.88. The lowest BCUT2D eigenvalue weighted by atomic mass is 10.0. The molecule has 2 aromatic rings. The molecule has 5 heteroatoms. The van der Waals surface area contributed by atoms with Crippen LogP contribution in [0.4, 0.5) is 4.79 Å². The first kappa shape index (κ1) is 19.0. The van der Waals surface area contributed by atoms with Crippen LogP contribution in [0.3, 0.4) is 0 Å². The zero-order valence-corrected chi connectivity index (χ0v) is 16.2. The van der Waals surface area contributed by atoms with E-state index in [0.717, 1.165) is 11.1 Å². The van der Waals surface area contributed by atoms with E-state index in [9.17, 15) is 9.59 Å². The van der Waals surface area contributed by atoms with Crippen LogP contribution in [-0.4, -0.2) is 53.5 Å². The Morgan fingerprint density at radius 3 is 2.04 bits per heavy atom. The van der Waals surface area contributed by atoms with E-state index in [4.69, 9.17) is 0 Å². The lowest BCUT2D eigenvalue weighted by Crippen LogP contribution is -2.56. The van der Waals surface area contributed by atoms with E-state index >= 15 is 0 Å². The van der Waals surface area contributed by atoms with Gasteiger partial charge >= 0.3 is 6.03 Å². The highest BCUT2D eigenvalue weighted by Gasteiger charge is 2.26. The average Bonchev–Trinajstić information content (AvgIpc) is 2.67. The smallest absolute Gasteiger partial charge is 0.317 e. The first-order valence-electron chi connectivity index (χ1n) is 9.35. The molecule has 0 atom stereocenters. The van der Waals surface area contributed by atoms with Gasteiger partial charge in [-0.05, 0) is 44.0 Å². The monoisotopic (exact) mass is 365 g/mol. The number of rotatable bonds is 2. The summed E-state index contributed by atoms with van der Waals surface area (Å²) in [7, 11) is 0. The summed E-state index contributed by atoms with van der Waals surface area (Å²) in [5, 5.41) is 2.97. The molecule has 0 aromatic heterocycles. The SMILES string of the molecule is CC(C)(C)NC(=O)N1CCN(C(=O)c2cccc(-c3ccccc3)c2)CC1. The molecule has 0 radical (unpaired) electrons. The highest BCUT2D eigenvalue weighted by Crippen LogP contribution is 2.21. The summed E-state index contributed by atoms with van der Waals surface area (Å²) >= 11 is 0. The van der Waals surface area contributed by atoms with Gasteiger partial charge in [-0.25, -0.2) is 4.79 Å². The number of hydrogen-bond donors (Lipinski definition) is 1. The number of urea groups is 1. The highest BCUT2D eigenvalue weighted by atomic mass is 16.2. The van der Waals surface area contributed by atoms with Crippen molar-refractivity contribution in [3.8, 4) is 11.1 Å². The Kier molecular flexibility index (Phi) is 5.49. The summed E-state index contributed by atoms with van der Waals surface area (Å²) in [5.41, 5.74) is 2.55. The largest absolute Gasteiger partial charge is 0.335 e. The molecule has 3 rings (SSSR count). The number of carbonyl (C=O) groups excluding carboxylic acids is 2. The van der Waals surface area contributed by atoms with Crippen molar-refractivity contribution in [2.75, 3.05) is 26.2 Å². The minimum absolute atomic E-state index is 0.0173. The highest BCUT2D eigenvalue weighted by molar-refractivity contribution is 5.95. The topological polar surface area (TPSA) is 52.7 Å². The van der Waals surface area contributed by atoms with E-state index in [1.165, 1.54) is 0 Å². The van der Waals surface area contributed by atoms with Gasteiger partial charge in [-0.2, -0.15) is 0 Å². The number of amides is 3. The molecule has 1 aliphatic rings. The summed E-state index contributed by atoms with van der Waals surface area (Å²) < 4.78 is 0. The van der Waals surface area contributed by atoms with Gasteiger partial charge in [-0.1, -0.05) is 42.5 Å². The van der Waals surface area contributed by atoms with Gasteiger partial charge in [0, 0.05) is 37.3 Å². The Morgan fingerprint density at radius 2 is 1.41 bits per heavy atom. The Balaban J connectivity index is 1.64. The van der Waals surface area contributed by atoms with Crippen LogP contribution in [0.1, 0.15) is 31.1 Å². The molecule has 1 N–H and O–H groups in total. The van der Waals surface area contributed by atoms with Crippen molar-refractivity contribution in [2.24, 2.45) is 0 Å².